The fourth-order valence-electron chi connectivity index (χ4n) is 9.63. The second-order valence-electron chi connectivity index (χ2n) is 15.1. The quantitative estimate of drug-likeness (QED) is 0.166. The van der Waals surface area contributed by atoms with Crippen molar-refractivity contribution in [3.63, 3.8) is 0 Å². The van der Waals surface area contributed by atoms with Gasteiger partial charge in [-0.25, -0.2) is 15.0 Å². The van der Waals surface area contributed by atoms with Gasteiger partial charge in [0.1, 0.15) is 0 Å². The molecule has 10 aromatic rings. The van der Waals surface area contributed by atoms with Crippen LogP contribution in [0.4, 0.5) is 0 Å². The molecule has 0 amide bonds. The van der Waals surface area contributed by atoms with Crippen LogP contribution in [0.2, 0.25) is 0 Å². The minimum absolute atomic E-state index is 0.373. The Labute approximate surface area is 330 Å². The van der Waals surface area contributed by atoms with Gasteiger partial charge < -0.3 is 0 Å². The Kier molecular flexibility index (Phi) is 6.84. The van der Waals surface area contributed by atoms with Crippen molar-refractivity contribution in [1.29, 1.82) is 0 Å². The topological polar surface area (TPSA) is 38.7 Å². The maximum Gasteiger partial charge on any atom is 0.164 e. The number of aromatic nitrogens is 3. The summed E-state index contributed by atoms with van der Waals surface area (Å²) in [6, 6.07) is 72.0. The lowest BCUT2D eigenvalue weighted by atomic mass is 9.70. The van der Waals surface area contributed by atoms with Crippen molar-refractivity contribution in [2.75, 3.05) is 0 Å². The van der Waals surface area contributed by atoms with E-state index in [-0.39, 0.29) is 5.41 Å². The van der Waals surface area contributed by atoms with Gasteiger partial charge >= 0.3 is 0 Å². The molecule has 3 nitrogen and oxygen atoms in total. The van der Waals surface area contributed by atoms with Crippen LogP contribution < -0.4 is 0 Å². The van der Waals surface area contributed by atoms with Crippen molar-refractivity contribution in [2.24, 2.45) is 0 Å². The molecule has 0 atom stereocenters. The molecule has 0 unspecified atom stereocenters. The van der Waals surface area contributed by atoms with Gasteiger partial charge in [-0.2, -0.15) is 0 Å². The van der Waals surface area contributed by atoms with E-state index in [0.29, 0.717) is 17.5 Å². The zero-order valence-corrected chi connectivity index (χ0v) is 30.9. The van der Waals surface area contributed by atoms with Crippen molar-refractivity contribution in [3.05, 3.63) is 222 Å². The summed E-state index contributed by atoms with van der Waals surface area (Å²) in [5.74, 6) is 1.93. The Morgan fingerprint density at radius 1 is 0.263 bits per heavy atom. The first kappa shape index (κ1) is 31.8. The average Bonchev–Trinajstić information content (AvgIpc) is 3.77. The third-order valence-electron chi connectivity index (χ3n) is 12.1. The highest BCUT2D eigenvalue weighted by molar-refractivity contribution is 6.17. The van der Waals surface area contributed by atoms with E-state index in [1.165, 1.54) is 54.9 Å². The molecule has 9 aromatic carbocycles. The van der Waals surface area contributed by atoms with Crippen LogP contribution in [-0.4, -0.2) is 15.0 Å². The van der Waals surface area contributed by atoms with Gasteiger partial charge in [-0.3, -0.25) is 0 Å². The number of rotatable bonds is 5. The molecule has 0 fully saturated rings. The van der Waals surface area contributed by atoms with Gasteiger partial charge in [0, 0.05) is 16.7 Å². The summed E-state index contributed by atoms with van der Waals surface area (Å²) in [5, 5.41) is 5.35. The third kappa shape index (κ3) is 4.69. The third-order valence-corrected chi connectivity index (χ3v) is 12.1. The summed E-state index contributed by atoms with van der Waals surface area (Å²) in [6.07, 6.45) is 0. The number of fused-ring (bicyclic) bond motifs is 7. The average molecular weight is 724 g/mol. The van der Waals surface area contributed by atoms with Crippen LogP contribution in [0.1, 0.15) is 22.3 Å². The molecule has 0 saturated heterocycles. The van der Waals surface area contributed by atoms with Gasteiger partial charge in [0.25, 0.3) is 0 Å². The molecule has 0 aliphatic heterocycles. The molecule has 0 N–H and O–H groups in total. The molecule has 0 saturated carbocycles. The number of hydrogen-bond donors (Lipinski definition) is 0. The first-order valence-corrected chi connectivity index (χ1v) is 19.5. The second kappa shape index (κ2) is 12.3. The normalized spacial score (nSPS) is 13.1. The summed E-state index contributed by atoms with van der Waals surface area (Å²) in [5.41, 5.74) is 15.0. The van der Waals surface area contributed by atoms with E-state index in [0.717, 1.165) is 38.9 Å². The van der Waals surface area contributed by atoms with Gasteiger partial charge in [0.2, 0.25) is 0 Å². The van der Waals surface area contributed by atoms with E-state index >= 15 is 0 Å². The van der Waals surface area contributed by atoms with Crippen LogP contribution in [0, 0.1) is 0 Å². The van der Waals surface area contributed by atoms with Crippen molar-refractivity contribution in [1.82, 2.24) is 15.0 Å². The molecule has 264 valence electrons. The van der Waals surface area contributed by atoms with Crippen LogP contribution in [0.15, 0.2) is 200 Å². The van der Waals surface area contributed by atoms with Crippen molar-refractivity contribution < 1.29 is 0 Å². The zero-order chi connectivity index (χ0) is 37.5. The Morgan fingerprint density at radius 3 is 1.33 bits per heavy atom. The largest absolute Gasteiger partial charge is 0.208 e. The molecule has 2 aliphatic rings. The van der Waals surface area contributed by atoms with Crippen molar-refractivity contribution in [2.45, 2.75) is 5.41 Å². The highest BCUT2D eigenvalue weighted by Gasteiger charge is 2.50. The van der Waals surface area contributed by atoms with Crippen molar-refractivity contribution in [3.8, 4) is 67.5 Å². The minimum Gasteiger partial charge on any atom is -0.208 e. The Balaban J connectivity index is 1.00. The number of benzene rings is 9. The minimum atomic E-state index is -0.373. The summed E-state index contributed by atoms with van der Waals surface area (Å²) in [4.78, 5) is 15.3. The smallest absolute Gasteiger partial charge is 0.164 e. The first-order chi connectivity index (χ1) is 28.2. The highest BCUT2D eigenvalue weighted by atomic mass is 15.0. The van der Waals surface area contributed by atoms with Crippen LogP contribution in [-0.2, 0) is 5.41 Å². The molecule has 57 heavy (non-hydrogen) atoms. The molecular weight excluding hydrogens is 691 g/mol. The standard InChI is InChI=1S/C54H33N3/c1-3-13-34(14-4-1)38-19-9-21-41(31-38)52-55-51(37-15-5-2-6-16-37)56-53(57-52)42-22-10-20-39(32-42)40-29-30-46-44(33-40)43-23-7-8-24-45(43)54(46)47-25-11-17-35-27-28-36-18-12-26-48(54)50(36)49(35)47/h1-33H. The number of hydrogen-bond acceptors (Lipinski definition) is 3. The molecule has 12 rings (SSSR count). The fraction of sp³-hybridized carbons (Fsp3) is 0.0185. The van der Waals surface area contributed by atoms with E-state index in [9.17, 15) is 0 Å². The Hall–Kier alpha value is -7.49. The Bertz CT molecular complexity index is 3180. The zero-order valence-electron chi connectivity index (χ0n) is 30.9. The second-order valence-corrected chi connectivity index (χ2v) is 15.1. The predicted molar refractivity (Wildman–Crippen MR) is 233 cm³/mol. The van der Waals surface area contributed by atoms with Gasteiger partial charge in [0.15, 0.2) is 17.5 Å². The molecule has 0 radical (unpaired) electrons. The maximum atomic E-state index is 5.14. The molecule has 1 aromatic heterocycles. The lowest BCUT2D eigenvalue weighted by Crippen LogP contribution is -2.26. The van der Waals surface area contributed by atoms with Crippen LogP contribution in [0.5, 0.6) is 0 Å². The van der Waals surface area contributed by atoms with Crippen molar-refractivity contribution >= 4 is 21.5 Å². The molecule has 2 aliphatic carbocycles. The SMILES string of the molecule is c1ccc(-c2cccc(-c3nc(-c4ccccc4)nc(-c4cccc(-c5ccc6c(c5)-c5ccccc5C65c6cccc7ccc8cccc5c8c67)c4)n3)c2)cc1. The lowest BCUT2D eigenvalue weighted by Gasteiger charge is -2.30. The van der Waals surface area contributed by atoms with Gasteiger partial charge in [-0.05, 0) is 95.4 Å². The monoisotopic (exact) mass is 723 g/mol. The molecule has 0 bridgehead atoms. The predicted octanol–water partition coefficient (Wildman–Crippen LogP) is 13.2. The van der Waals surface area contributed by atoms with Gasteiger partial charge in [-0.15, -0.1) is 0 Å². The van der Waals surface area contributed by atoms with Crippen LogP contribution >= 0.6 is 0 Å². The van der Waals surface area contributed by atoms with E-state index in [2.05, 4.69) is 176 Å². The van der Waals surface area contributed by atoms with Gasteiger partial charge in [0.05, 0.1) is 5.41 Å². The highest BCUT2D eigenvalue weighted by Crippen LogP contribution is 2.62. The molecule has 1 spiro atoms. The van der Waals surface area contributed by atoms with Crippen LogP contribution in [0.3, 0.4) is 0 Å². The summed E-state index contributed by atoms with van der Waals surface area (Å²) >= 11 is 0. The maximum absolute atomic E-state index is 5.14. The van der Waals surface area contributed by atoms with E-state index in [1.807, 2.05) is 24.3 Å². The van der Waals surface area contributed by atoms with Gasteiger partial charge in [-0.1, -0.05) is 182 Å². The van der Waals surface area contributed by atoms with E-state index in [1.54, 1.807) is 0 Å². The molecule has 3 heteroatoms. The fourth-order valence-corrected chi connectivity index (χ4v) is 9.63. The first-order valence-electron chi connectivity index (χ1n) is 19.5. The molecule has 1 heterocycles. The summed E-state index contributed by atoms with van der Waals surface area (Å²) < 4.78 is 0. The Morgan fingerprint density at radius 2 is 0.702 bits per heavy atom. The summed E-state index contributed by atoms with van der Waals surface area (Å²) in [7, 11) is 0. The number of nitrogens with zero attached hydrogens (tertiary/aromatic N) is 3. The van der Waals surface area contributed by atoms with E-state index < -0.39 is 0 Å². The lowest BCUT2D eigenvalue weighted by molar-refractivity contribution is 0.797. The summed E-state index contributed by atoms with van der Waals surface area (Å²) in [6.45, 7) is 0. The van der Waals surface area contributed by atoms with Crippen LogP contribution in [0.25, 0.3) is 89.1 Å². The molecular formula is C54H33N3. The van der Waals surface area contributed by atoms with E-state index in [4.69, 9.17) is 15.0 Å².